The molecule has 4 aromatic heterocycles. The second-order valence-corrected chi connectivity index (χ2v) is 19.4. The maximum absolute atomic E-state index is 13.1. The number of benzene rings is 2. The first-order chi connectivity index (χ1) is 31.6. The van der Waals surface area contributed by atoms with E-state index >= 15 is 0 Å². The summed E-state index contributed by atoms with van der Waals surface area (Å²) in [6.45, 7) is 11.3. The molecule has 2 saturated heterocycles. The molecule has 3 fully saturated rings. The van der Waals surface area contributed by atoms with Gasteiger partial charge in [0.2, 0.25) is 0 Å². The van der Waals surface area contributed by atoms with E-state index in [1.165, 1.54) is 28.8 Å². The van der Waals surface area contributed by atoms with Crippen LogP contribution in [0.15, 0.2) is 81.5 Å². The second-order valence-electron chi connectivity index (χ2n) is 17.8. The van der Waals surface area contributed by atoms with Crippen LogP contribution in [0.4, 0.5) is 5.82 Å². The number of halogens is 1. The Morgan fingerprint density at radius 1 is 0.969 bits per heavy atom. The molecule has 16 heteroatoms. The summed E-state index contributed by atoms with van der Waals surface area (Å²) in [7, 11) is 0. The molecule has 1 aliphatic carbocycles. The summed E-state index contributed by atoms with van der Waals surface area (Å²) in [5.41, 5.74) is 7.59. The molecule has 0 N–H and O–H groups in total. The number of piperidine rings is 2. The van der Waals surface area contributed by atoms with Crippen LogP contribution in [-0.2, 0) is 13.0 Å². The fourth-order valence-corrected chi connectivity index (χ4v) is 11.2. The third kappa shape index (κ3) is 8.87. The van der Waals surface area contributed by atoms with Gasteiger partial charge in [-0.25, -0.2) is 9.98 Å². The Hall–Kier alpha value is -6.08. The predicted molar refractivity (Wildman–Crippen MR) is 250 cm³/mol. The zero-order chi connectivity index (χ0) is 44.7. The summed E-state index contributed by atoms with van der Waals surface area (Å²) in [6.07, 6.45) is 11.2. The fourth-order valence-electron chi connectivity index (χ4n) is 9.78. The van der Waals surface area contributed by atoms with E-state index in [9.17, 15) is 4.79 Å². The molecule has 0 radical (unpaired) electrons. The van der Waals surface area contributed by atoms with Crippen LogP contribution in [0.3, 0.4) is 0 Å². The molecule has 0 unspecified atom stereocenters. The summed E-state index contributed by atoms with van der Waals surface area (Å²) in [4.78, 5) is 33.4. The van der Waals surface area contributed by atoms with Gasteiger partial charge in [0.15, 0.2) is 23.2 Å². The molecule has 1 amide bonds. The van der Waals surface area contributed by atoms with E-state index in [1.54, 1.807) is 48.1 Å². The number of hydrogen-bond donors (Lipinski definition) is 0. The second kappa shape index (κ2) is 18.1. The van der Waals surface area contributed by atoms with Gasteiger partial charge in [-0.05, 0) is 126 Å². The largest absolute Gasteiger partial charge is 0.490 e. The van der Waals surface area contributed by atoms with Crippen LogP contribution < -0.4 is 9.64 Å². The number of aromatic nitrogens is 6. The number of hydrogen-bond acceptors (Lipinski definition) is 13. The van der Waals surface area contributed by atoms with Gasteiger partial charge < -0.3 is 14.1 Å². The minimum Gasteiger partial charge on any atom is -0.490 e. The summed E-state index contributed by atoms with van der Waals surface area (Å²) >= 11 is 7.93. The minimum absolute atomic E-state index is 0.00565. The number of likely N-dealkylation sites (tertiary alicyclic amines) is 1. The molecular formula is C49H50ClN11O3S. The molecule has 1 saturated carbocycles. The van der Waals surface area contributed by atoms with Gasteiger partial charge in [-0.1, -0.05) is 35.9 Å². The maximum atomic E-state index is 13.1. The molecule has 0 bridgehead atoms. The fraction of sp³-hybridized carbons (Fsp3) is 0.408. The van der Waals surface area contributed by atoms with Crippen molar-refractivity contribution in [1.82, 2.24) is 34.8 Å². The van der Waals surface area contributed by atoms with Crippen molar-refractivity contribution in [1.29, 1.82) is 5.26 Å². The van der Waals surface area contributed by atoms with Gasteiger partial charge in [0.05, 0.1) is 35.0 Å². The molecule has 6 aromatic rings. The SMILES string of the molecule is Cc1sc2c(c1C)C(c1ccc(CN3CCC4(CC3)CCN(c3ccc(C(=O)N=C5CCC(Oc6ccc(C#N)c(Cl)c6)CC5)nn3)CC4)cc1)=N[C@@H](Cc1ncco1)c1nnc(C)n1-2. The number of nitriles is 1. The lowest BCUT2D eigenvalue weighted by Crippen LogP contribution is -2.46. The van der Waals surface area contributed by atoms with Crippen LogP contribution >= 0.6 is 22.9 Å². The number of rotatable bonds is 9. The van der Waals surface area contributed by atoms with Crippen molar-refractivity contribution >= 4 is 46.1 Å². The van der Waals surface area contributed by atoms with E-state index in [1.807, 2.05) is 13.0 Å². The number of anilines is 1. The quantitative estimate of drug-likeness (QED) is 0.136. The van der Waals surface area contributed by atoms with Crippen LogP contribution in [0.25, 0.3) is 5.00 Å². The van der Waals surface area contributed by atoms with Gasteiger partial charge in [0.1, 0.15) is 34.9 Å². The molecule has 1 spiro atoms. The molecule has 1 atom stereocenters. The number of aliphatic imine (C=N–C) groups is 2. The molecule has 65 heavy (non-hydrogen) atoms. The highest BCUT2D eigenvalue weighted by molar-refractivity contribution is 7.15. The molecular weight excluding hydrogens is 858 g/mol. The maximum Gasteiger partial charge on any atom is 0.297 e. The van der Waals surface area contributed by atoms with Gasteiger partial charge in [-0.3, -0.25) is 19.3 Å². The molecule has 10 rings (SSSR count). The van der Waals surface area contributed by atoms with Crippen molar-refractivity contribution in [3.8, 4) is 16.8 Å². The number of fused-ring (bicyclic) bond motifs is 3. The van der Waals surface area contributed by atoms with Crippen molar-refractivity contribution in [3.05, 3.63) is 128 Å². The highest BCUT2D eigenvalue weighted by Gasteiger charge is 2.38. The first-order valence-electron chi connectivity index (χ1n) is 22.5. The van der Waals surface area contributed by atoms with E-state index in [0.717, 1.165) is 103 Å². The topological polar surface area (TPSA) is 164 Å². The van der Waals surface area contributed by atoms with Gasteiger partial charge in [-0.15, -0.1) is 31.7 Å². The normalized spacial score (nSPS) is 19.5. The first-order valence-corrected chi connectivity index (χ1v) is 23.7. The van der Waals surface area contributed by atoms with Crippen molar-refractivity contribution in [3.63, 3.8) is 0 Å². The lowest BCUT2D eigenvalue weighted by Gasteiger charge is -2.47. The zero-order valence-corrected chi connectivity index (χ0v) is 38.4. The Kier molecular flexibility index (Phi) is 11.9. The summed E-state index contributed by atoms with van der Waals surface area (Å²) < 4.78 is 13.9. The molecule has 332 valence electrons. The Bertz CT molecular complexity index is 2800. The van der Waals surface area contributed by atoms with Gasteiger partial charge in [0, 0.05) is 47.4 Å². The minimum atomic E-state index is -0.358. The van der Waals surface area contributed by atoms with Crippen LogP contribution in [0.5, 0.6) is 5.75 Å². The highest BCUT2D eigenvalue weighted by Crippen LogP contribution is 2.43. The molecule has 2 aromatic carbocycles. The predicted octanol–water partition coefficient (Wildman–Crippen LogP) is 9.18. The smallest absolute Gasteiger partial charge is 0.297 e. The van der Waals surface area contributed by atoms with Gasteiger partial charge in [-0.2, -0.15) is 5.26 Å². The first kappa shape index (κ1) is 42.8. The van der Waals surface area contributed by atoms with Crippen LogP contribution in [0.1, 0.15) is 118 Å². The number of nitrogens with zero attached hydrogens (tertiary/aromatic N) is 11. The molecule has 3 aliphatic heterocycles. The third-order valence-electron chi connectivity index (χ3n) is 13.8. The highest BCUT2D eigenvalue weighted by atomic mass is 35.5. The lowest BCUT2D eigenvalue weighted by atomic mass is 9.71. The van der Waals surface area contributed by atoms with Crippen molar-refractivity contribution < 1.29 is 13.9 Å². The molecule has 4 aliphatic rings. The molecule has 14 nitrogen and oxygen atoms in total. The zero-order valence-electron chi connectivity index (χ0n) is 36.8. The summed E-state index contributed by atoms with van der Waals surface area (Å²) in [5.74, 6) is 3.36. The van der Waals surface area contributed by atoms with E-state index in [4.69, 9.17) is 31.0 Å². The van der Waals surface area contributed by atoms with Gasteiger partial charge in [0.25, 0.3) is 5.91 Å². The Morgan fingerprint density at radius 3 is 2.43 bits per heavy atom. The average molecular weight is 909 g/mol. The lowest BCUT2D eigenvalue weighted by molar-refractivity contribution is 0.0757. The van der Waals surface area contributed by atoms with Crippen LogP contribution in [0, 0.1) is 37.5 Å². The van der Waals surface area contributed by atoms with E-state index in [2.05, 4.69) is 88.9 Å². The van der Waals surface area contributed by atoms with Crippen molar-refractivity contribution in [2.24, 2.45) is 15.4 Å². The number of carbonyl (C=O) groups is 1. The number of thiophene rings is 1. The van der Waals surface area contributed by atoms with Crippen molar-refractivity contribution in [2.75, 3.05) is 31.1 Å². The van der Waals surface area contributed by atoms with Gasteiger partial charge >= 0.3 is 0 Å². The molecule has 7 heterocycles. The Labute approximate surface area is 387 Å². The van der Waals surface area contributed by atoms with Crippen LogP contribution in [-0.4, -0.2) is 84.5 Å². The Morgan fingerprint density at radius 2 is 1.74 bits per heavy atom. The monoisotopic (exact) mass is 907 g/mol. The van der Waals surface area contributed by atoms with E-state index in [0.29, 0.717) is 46.9 Å². The Balaban J connectivity index is 0.717. The number of carbonyl (C=O) groups excluding carboxylic acids is 1. The number of amides is 1. The average Bonchev–Trinajstić information content (AvgIpc) is 4.04. The number of aryl methyl sites for hydroxylation is 2. The van der Waals surface area contributed by atoms with E-state index in [-0.39, 0.29) is 23.7 Å². The number of ether oxygens (including phenoxy) is 1. The van der Waals surface area contributed by atoms with E-state index < -0.39 is 0 Å². The van der Waals surface area contributed by atoms with Crippen LogP contribution in [0.2, 0.25) is 5.02 Å². The summed E-state index contributed by atoms with van der Waals surface area (Å²) in [5, 5.41) is 28.5. The summed E-state index contributed by atoms with van der Waals surface area (Å²) in [6, 6.07) is 19.5. The van der Waals surface area contributed by atoms with Crippen molar-refractivity contribution in [2.45, 2.75) is 97.2 Å². The third-order valence-corrected chi connectivity index (χ3v) is 15.3. The number of oxazole rings is 1. The standard InChI is InChI=1S/C49H50ClN11O3S/c1-30-31(2)65-48-44(30)45(54-41(27-43-52-20-25-63-43)46-58-55-32(3)61(46)48)34-6-4-33(5-7-34)29-59-21-16-49(17-22-59)18-23-60(24-19-49)42-15-14-40(56-57-42)47(62)53-36-9-12-37(13-10-36)64-38-11-8-35(28-51)39(50)26-38/h4-8,11,14-15,20,25-26,37,41H,9-10,12-13,16-19,21-24,27,29H2,1-3H3/t37?,41-/m0/s1.